The van der Waals surface area contributed by atoms with Gasteiger partial charge in [0.25, 0.3) is 0 Å². The molecule has 4 rings (SSSR count). The van der Waals surface area contributed by atoms with Gasteiger partial charge in [0.2, 0.25) is 0 Å². The first-order chi connectivity index (χ1) is 10.8. The van der Waals surface area contributed by atoms with Crippen molar-refractivity contribution in [2.45, 2.75) is 0 Å². The highest BCUT2D eigenvalue weighted by Crippen LogP contribution is 2.25. The molecule has 6 heteroatoms. The number of aromatic amines is 2. The van der Waals surface area contributed by atoms with Crippen LogP contribution in [0.2, 0.25) is 0 Å². The summed E-state index contributed by atoms with van der Waals surface area (Å²) in [5, 5.41) is 10.9. The molecule has 5 nitrogen and oxygen atoms in total. The molecule has 0 fully saturated rings. The summed E-state index contributed by atoms with van der Waals surface area (Å²) in [6, 6.07) is 10.1. The number of benzene rings is 1. The van der Waals surface area contributed by atoms with Crippen molar-refractivity contribution in [2.24, 2.45) is 0 Å². The Kier molecular flexibility index (Phi) is 2.86. The monoisotopic (exact) mass is 293 g/mol. The Balaban J connectivity index is 1.67. The maximum absolute atomic E-state index is 12.9. The van der Waals surface area contributed by atoms with Crippen LogP contribution in [-0.4, -0.2) is 20.2 Å². The summed E-state index contributed by atoms with van der Waals surface area (Å²) in [5.41, 5.74) is 3.72. The molecule has 0 atom stereocenters. The van der Waals surface area contributed by atoms with Gasteiger partial charge in [0.05, 0.1) is 11.7 Å². The number of rotatable bonds is 3. The van der Waals surface area contributed by atoms with Gasteiger partial charge in [0.1, 0.15) is 11.6 Å². The number of hydrogen-bond acceptors (Lipinski definition) is 3. The van der Waals surface area contributed by atoms with Gasteiger partial charge in [-0.25, -0.2) is 9.37 Å². The van der Waals surface area contributed by atoms with E-state index in [0.717, 1.165) is 27.8 Å². The number of halogens is 1. The molecule has 108 valence electrons. The molecular weight excluding hydrogens is 281 g/mol. The maximum atomic E-state index is 12.9. The first kappa shape index (κ1) is 12.6. The summed E-state index contributed by atoms with van der Waals surface area (Å²) in [6.45, 7) is 0. The Hall–Kier alpha value is -3.15. The molecule has 0 aliphatic heterocycles. The Labute approximate surface area is 125 Å². The second kappa shape index (κ2) is 5.00. The molecule has 0 spiro atoms. The Bertz CT molecular complexity index is 910. The van der Waals surface area contributed by atoms with E-state index in [9.17, 15) is 4.39 Å². The highest BCUT2D eigenvalue weighted by Gasteiger charge is 2.06. The van der Waals surface area contributed by atoms with Gasteiger partial charge >= 0.3 is 0 Å². The average Bonchev–Trinajstić information content (AvgIpc) is 3.17. The highest BCUT2D eigenvalue weighted by molar-refractivity contribution is 5.87. The fourth-order valence-electron chi connectivity index (χ4n) is 2.33. The van der Waals surface area contributed by atoms with E-state index in [1.54, 1.807) is 24.5 Å². The lowest BCUT2D eigenvalue weighted by molar-refractivity contribution is 0.628. The van der Waals surface area contributed by atoms with Crippen LogP contribution in [0.1, 0.15) is 0 Å². The van der Waals surface area contributed by atoms with Crippen molar-refractivity contribution in [3.05, 3.63) is 60.8 Å². The van der Waals surface area contributed by atoms with Crippen molar-refractivity contribution in [1.82, 2.24) is 20.2 Å². The maximum Gasteiger partial charge on any atom is 0.132 e. The molecule has 3 N–H and O–H groups in total. The van der Waals surface area contributed by atoms with Gasteiger partial charge in [-0.05, 0) is 30.3 Å². The van der Waals surface area contributed by atoms with Crippen LogP contribution in [-0.2, 0) is 0 Å². The molecule has 0 saturated heterocycles. The van der Waals surface area contributed by atoms with Crippen molar-refractivity contribution in [3.63, 3.8) is 0 Å². The van der Waals surface area contributed by atoms with Crippen LogP contribution in [0, 0.1) is 5.82 Å². The quantitative estimate of drug-likeness (QED) is 0.537. The summed E-state index contributed by atoms with van der Waals surface area (Å²) in [4.78, 5) is 7.70. The number of nitrogens with zero attached hydrogens (tertiary/aromatic N) is 2. The van der Waals surface area contributed by atoms with Crippen LogP contribution in [0.25, 0.3) is 22.2 Å². The minimum atomic E-state index is -0.261. The molecule has 0 amide bonds. The SMILES string of the molecule is Fc1ccc(Nc2cc3[nH]c(-c4cn[nH]c4)cc3cn2)cc1. The minimum Gasteiger partial charge on any atom is -0.354 e. The van der Waals surface area contributed by atoms with Crippen LogP contribution in [0.5, 0.6) is 0 Å². The van der Waals surface area contributed by atoms with Crippen molar-refractivity contribution < 1.29 is 4.39 Å². The Morgan fingerprint density at radius 1 is 1.05 bits per heavy atom. The summed E-state index contributed by atoms with van der Waals surface area (Å²) in [5.74, 6) is 0.433. The number of pyridine rings is 1. The third-order valence-electron chi connectivity index (χ3n) is 3.43. The zero-order valence-corrected chi connectivity index (χ0v) is 11.5. The predicted molar refractivity (Wildman–Crippen MR) is 83.4 cm³/mol. The van der Waals surface area contributed by atoms with Crippen molar-refractivity contribution in [2.75, 3.05) is 5.32 Å². The third kappa shape index (κ3) is 2.31. The number of anilines is 2. The van der Waals surface area contributed by atoms with Gasteiger partial charge in [-0.1, -0.05) is 0 Å². The van der Waals surface area contributed by atoms with E-state index in [1.165, 1.54) is 12.1 Å². The second-order valence-electron chi connectivity index (χ2n) is 4.96. The van der Waals surface area contributed by atoms with Gasteiger partial charge in [0.15, 0.2) is 0 Å². The van der Waals surface area contributed by atoms with Crippen LogP contribution in [0.3, 0.4) is 0 Å². The standard InChI is InChI=1S/C16H12FN5/c17-12-1-3-13(4-2-12)21-16-6-15-10(7-18-16)5-14(22-15)11-8-19-20-9-11/h1-9,22H,(H,18,21)(H,19,20). The first-order valence-electron chi connectivity index (χ1n) is 6.78. The van der Waals surface area contributed by atoms with Crippen LogP contribution >= 0.6 is 0 Å². The summed E-state index contributed by atoms with van der Waals surface area (Å²) >= 11 is 0. The Morgan fingerprint density at radius 2 is 1.91 bits per heavy atom. The molecule has 0 bridgehead atoms. The lowest BCUT2D eigenvalue weighted by Crippen LogP contribution is -1.92. The van der Waals surface area contributed by atoms with Gasteiger partial charge in [0, 0.05) is 40.8 Å². The molecule has 4 aromatic rings. The second-order valence-corrected chi connectivity index (χ2v) is 4.96. The molecule has 0 aliphatic carbocycles. The summed E-state index contributed by atoms with van der Waals surface area (Å²) in [6.07, 6.45) is 5.38. The lowest BCUT2D eigenvalue weighted by Gasteiger charge is -2.05. The lowest BCUT2D eigenvalue weighted by atomic mass is 10.2. The molecule has 3 aromatic heterocycles. The smallest absolute Gasteiger partial charge is 0.132 e. The topological polar surface area (TPSA) is 69.4 Å². The van der Waals surface area contributed by atoms with Crippen molar-refractivity contribution >= 4 is 22.4 Å². The molecule has 0 aliphatic rings. The molecule has 0 unspecified atom stereocenters. The van der Waals surface area contributed by atoms with E-state index in [1.807, 2.05) is 18.3 Å². The highest BCUT2D eigenvalue weighted by atomic mass is 19.1. The molecule has 22 heavy (non-hydrogen) atoms. The molecule has 0 radical (unpaired) electrons. The van der Waals surface area contributed by atoms with Crippen LogP contribution in [0.15, 0.2) is 55.0 Å². The Morgan fingerprint density at radius 3 is 2.68 bits per heavy atom. The van der Waals surface area contributed by atoms with E-state index in [2.05, 4.69) is 25.5 Å². The zero-order valence-electron chi connectivity index (χ0n) is 11.5. The first-order valence-corrected chi connectivity index (χ1v) is 6.78. The fraction of sp³-hybridized carbons (Fsp3) is 0. The van der Waals surface area contributed by atoms with E-state index < -0.39 is 0 Å². The molecular formula is C16H12FN5. The van der Waals surface area contributed by atoms with Gasteiger partial charge in [-0.3, -0.25) is 5.10 Å². The van der Waals surface area contributed by atoms with Crippen molar-refractivity contribution in [3.8, 4) is 11.3 Å². The van der Waals surface area contributed by atoms with Gasteiger partial charge < -0.3 is 10.3 Å². The van der Waals surface area contributed by atoms with Crippen LogP contribution in [0.4, 0.5) is 15.9 Å². The number of nitrogens with one attached hydrogen (secondary N) is 3. The minimum absolute atomic E-state index is 0.261. The van der Waals surface area contributed by atoms with E-state index in [4.69, 9.17) is 0 Å². The average molecular weight is 293 g/mol. The molecule has 1 aromatic carbocycles. The summed E-state index contributed by atoms with van der Waals surface area (Å²) < 4.78 is 12.9. The van der Waals surface area contributed by atoms with Gasteiger partial charge in [-0.2, -0.15) is 5.10 Å². The van der Waals surface area contributed by atoms with Gasteiger partial charge in [-0.15, -0.1) is 0 Å². The number of fused-ring (bicyclic) bond motifs is 1. The molecule has 3 heterocycles. The summed E-state index contributed by atoms with van der Waals surface area (Å²) in [7, 11) is 0. The van der Waals surface area contributed by atoms with E-state index in [0.29, 0.717) is 5.82 Å². The fourth-order valence-corrected chi connectivity index (χ4v) is 2.33. The third-order valence-corrected chi connectivity index (χ3v) is 3.43. The zero-order chi connectivity index (χ0) is 14.9. The van der Waals surface area contributed by atoms with Crippen LogP contribution < -0.4 is 5.32 Å². The normalized spacial score (nSPS) is 11.0. The number of H-pyrrole nitrogens is 2. The molecule has 0 saturated carbocycles. The van der Waals surface area contributed by atoms with Crippen molar-refractivity contribution in [1.29, 1.82) is 0 Å². The van der Waals surface area contributed by atoms with E-state index >= 15 is 0 Å². The number of aromatic nitrogens is 4. The van der Waals surface area contributed by atoms with E-state index in [-0.39, 0.29) is 5.82 Å². The largest absolute Gasteiger partial charge is 0.354 e. The predicted octanol–water partition coefficient (Wildman–Crippen LogP) is 3.84. The number of hydrogen-bond donors (Lipinski definition) is 3.